The van der Waals surface area contributed by atoms with Crippen LogP contribution >= 0.6 is 11.8 Å². The Hall–Kier alpha value is -2.25. The number of piperidine rings is 1. The van der Waals surface area contributed by atoms with E-state index in [0.29, 0.717) is 24.3 Å². The van der Waals surface area contributed by atoms with Gasteiger partial charge in [-0.15, -0.1) is 0 Å². The summed E-state index contributed by atoms with van der Waals surface area (Å²) in [6.45, 7) is 0.667. The van der Waals surface area contributed by atoms with Gasteiger partial charge in [0.2, 0.25) is 0 Å². The molecular formula is C19H22N2O4S. The SMILES string of the molecule is CSCc1ccc(C(=O)N[C@@H]2CCN(C(=O)c3ccccc3)C[C@H]2O)o1. The fourth-order valence-electron chi connectivity index (χ4n) is 3.01. The van der Waals surface area contributed by atoms with E-state index in [1.165, 1.54) is 0 Å². The highest BCUT2D eigenvalue weighted by molar-refractivity contribution is 7.97. The van der Waals surface area contributed by atoms with Gasteiger partial charge in [0, 0.05) is 18.7 Å². The highest BCUT2D eigenvalue weighted by Gasteiger charge is 2.32. The summed E-state index contributed by atoms with van der Waals surface area (Å²) >= 11 is 1.61. The van der Waals surface area contributed by atoms with Crippen molar-refractivity contribution in [2.45, 2.75) is 24.3 Å². The molecule has 7 heteroatoms. The summed E-state index contributed by atoms with van der Waals surface area (Å²) in [4.78, 5) is 26.4. The lowest BCUT2D eigenvalue weighted by atomic mass is 10.0. The minimum atomic E-state index is -0.819. The summed E-state index contributed by atoms with van der Waals surface area (Å²) < 4.78 is 5.50. The lowest BCUT2D eigenvalue weighted by Gasteiger charge is -2.36. The number of hydrogen-bond donors (Lipinski definition) is 2. The molecule has 1 aromatic carbocycles. The first kappa shape index (κ1) is 18.5. The molecule has 0 saturated carbocycles. The first-order chi connectivity index (χ1) is 12.6. The molecule has 138 valence electrons. The van der Waals surface area contributed by atoms with Crippen molar-refractivity contribution in [1.82, 2.24) is 10.2 Å². The Labute approximate surface area is 156 Å². The molecule has 3 rings (SSSR count). The van der Waals surface area contributed by atoms with E-state index in [2.05, 4.69) is 5.32 Å². The van der Waals surface area contributed by atoms with Gasteiger partial charge in [-0.3, -0.25) is 9.59 Å². The predicted octanol–water partition coefficient (Wildman–Crippen LogP) is 2.15. The van der Waals surface area contributed by atoms with E-state index in [1.54, 1.807) is 40.9 Å². The van der Waals surface area contributed by atoms with Gasteiger partial charge < -0.3 is 19.7 Å². The molecule has 2 aromatic rings. The molecule has 1 aliphatic rings. The molecule has 2 atom stereocenters. The Balaban J connectivity index is 1.56. The van der Waals surface area contributed by atoms with E-state index in [9.17, 15) is 14.7 Å². The molecule has 26 heavy (non-hydrogen) atoms. The topological polar surface area (TPSA) is 82.8 Å². The van der Waals surface area contributed by atoms with Gasteiger partial charge in [0.15, 0.2) is 5.76 Å². The average Bonchev–Trinajstić information content (AvgIpc) is 3.12. The number of nitrogens with zero attached hydrogens (tertiary/aromatic N) is 1. The number of hydrogen-bond acceptors (Lipinski definition) is 5. The predicted molar refractivity (Wildman–Crippen MR) is 100 cm³/mol. The lowest BCUT2D eigenvalue weighted by molar-refractivity contribution is 0.0310. The fraction of sp³-hybridized carbons (Fsp3) is 0.368. The summed E-state index contributed by atoms with van der Waals surface area (Å²) in [5.74, 6) is 1.23. The Bertz CT molecular complexity index is 762. The first-order valence-corrected chi connectivity index (χ1v) is 9.88. The summed E-state index contributed by atoms with van der Waals surface area (Å²) in [5, 5.41) is 13.2. The fourth-order valence-corrected chi connectivity index (χ4v) is 3.45. The van der Waals surface area contributed by atoms with E-state index in [4.69, 9.17) is 4.42 Å². The van der Waals surface area contributed by atoms with Crippen LogP contribution in [0.3, 0.4) is 0 Å². The largest absolute Gasteiger partial charge is 0.455 e. The number of β-amino-alcohol motifs (C(OH)–C–C–N with tert-alkyl or cyclic N) is 1. The quantitative estimate of drug-likeness (QED) is 0.838. The molecule has 6 nitrogen and oxygen atoms in total. The molecule has 1 saturated heterocycles. The van der Waals surface area contributed by atoms with Crippen LogP contribution in [0.2, 0.25) is 0 Å². The second kappa shape index (κ2) is 8.42. The van der Waals surface area contributed by atoms with Crippen LogP contribution in [0.4, 0.5) is 0 Å². The normalized spacial score (nSPS) is 20.0. The number of carbonyl (C=O) groups excluding carboxylic acids is 2. The number of rotatable bonds is 5. The van der Waals surface area contributed by atoms with Gasteiger partial charge in [-0.1, -0.05) is 18.2 Å². The zero-order valence-corrected chi connectivity index (χ0v) is 15.4. The highest BCUT2D eigenvalue weighted by atomic mass is 32.2. The molecular weight excluding hydrogens is 352 g/mol. The Kier molecular flexibility index (Phi) is 6.00. The van der Waals surface area contributed by atoms with E-state index >= 15 is 0 Å². The monoisotopic (exact) mass is 374 g/mol. The van der Waals surface area contributed by atoms with Crippen molar-refractivity contribution in [3.8, 4) is 0 Å². The molecule has 1 aromatic heterocycles. The Morgan fingerprint density at radius 2 is 2.04 bits per heavy atom. The van der Waals surface area contributed by atoms with Gasteiger partial charge >= 0.3 is 0 Å². The first-order valence-electron chi connectivity index (χ1n) is 8.49. The van der Waals surface area contributed by atoms with Crippen molar-refractivity contribution >= 4 is 23.6 Å². The van der Waals surface area contributed by atoms with Crippen molar-refractivity contribution in [1.29, 1.82) is 0 Å². The smallest absolute Gasteiger partial charge is 0.287 e. The third kappa shape index (κ3) is 4.28. The summed E-state index contributed by atoms with van der Waals surface area (Å²) in [7, 11) is 0. The van der Waals surface area contributed by atoms with Crippen LogP contribution < -0.4 is 5.32 Å². The van der Waals surface area contributed by atoms with Crippen molar-refractivity contribution < 1.29 is 19.1 Å². The minimum Gasteiger partial charge on any atom is -0.455 e. The van der Waals surface area contributed by atoms with Crippen LogP contribution in [0.15, 0.2) is 46.9 Å². The maximum atomic E-state index is 12.5. The Morgan fingerprint density at radius 1 is 1.27 bits per heavy atom. The standard InChI is InChI=1S/C19H22N2O4S/c1-26-12-14-7-8-17(25-14)18(23)20-15-9-10-21(11-16(15)22)19(24)13-5-3-2-4-6-13/h2-8,15-16,22H,9-12H2,1H3,(H,20,23)/t15-,16-/m1/s1. The van der Waals surface area contributed by atoms with Crippen molar-refractivity contribution in [3.05, 3.63) is 59.5 Å². The third-order valence-corrected chi connectivity index (χ3v) is 4.95. The van der Waals surface area contributed by atoms with E-state index in [-0.39, 0.29) is 24.1 Å². The number of amides is 2. The van der Waals surface area contributed by atoms with E-state index in [0.717, 1.165) is 5.76 Å². The molecule has 0 spiro atoms. The van der Waals surface area contributed by atoms with Crippen LogP contribution in [-0.2, 0) is 5.75 Å². The zero-order valence-electron chi connectivity index (χ0n) is 14.6. The number of nitrogens with one attached hydrogen (secondary N) is 1. The van der Waals surface area contributed by atoms with E-state index < -0.39 is 12.1 Å². The highest BCUT2D eigenvalue weighted by Crippen LogP contribution is 2.17. The van der Waals surface area contributed by atoms with Gasteiger partial charge in [0.1, 0.15) is 5.76 Å². The van der Waals surface area contributed by atoms with Gasteiger partial charge in [-0.25, -0.2) is 0 Å². The van der Waals surface area contributed by atoms with Crippen LogP contribution in [-0.4, -0.2) is 53.3 Å². The lowest BCUT2D eigenvalue weighted by Crippen LogP contribution is -2.55. The van der Waals surface area contributed by atoms with Crippen molar-refractivity contribution in [2.24, 2.45) is 0 Å². The maximum Gasteiger partial charge on any atom is 0.287 e. The van der Waals surface area contributed by atoms with Crippen molar-refractivity contribution in [2.75, 3.05) is 19.3 Å². The van der Waals surface area contributed by atoms with Gasteiger partial charge in [0.05, 0.1) is 17.9 Å². The maximum absolute atomic E-state index is 12.5. The Morgan fingerprint density at radius 3 is 2.73 bits per heavy atom. The van der Waals surface area contributed by atoms with Gasteiger partial charge in [-0.2, -0.15) is 11.8 Å². The molecule has 2 amide bonds. The van der Waals surface area contributed by atoms with Crippen LogP contribution in [0, 0.1) is 0 Å². The second-order valence-electron chi connectivity index (χ2n) is 6.25. The molecule has 1 fully saturated rings. The number of carbonyl (C=O) groups is 2. The molecule has 2 N–H and O–H groups in total. The number of aliphatic hydroxyl groups is 1. The number of likely N-dealkylation sites (tertiary alicyclic amines) is 1. The minimum absolute atomic E-state index is 0.109. The van der Waals surface area contributed by atoms with Gasteiger partial charge in [-0.05, 0) is 36.9 Å². The van der Waals surface area contributed by atoms with Crippen LogP contribution in [0.25, 0.3) is 0 Å². The molecule has 0 radical (unpaired) electrons. The summed E-state index contributed by atoms with van der Waals surface area (Å²) in [6, 6.07) is 12.0. The van der Waals surface area contributed by atoms with Crippen molar-refractivity contribution in [3.63, 3.8) is 0 Å². The van der Waals surface area contributed by atoms with Gasteiger partial charge in [0.25, 0.3) is 11.8 Å². The zero-order chi connectivity index (χ0) is 18.5. The molecule has 0 unspecified atom stereocenters. The molecule has 0 bridgehead atoms. The van der Waals surface area contributed by atoms with Crippen LogP contribution in [0.1, 0.15) is 33.1 Å². The average molecular weight is 374 g/mol. The summed E-state index contributed by atoms with van der Waals surface area (Å²) in [6.07, 6.45) is 1.63. The third-order valence-electron chi connectivity index (χ3n) is 4.38. The van der Waals surface area contributed by atoms with E-state index in [1.807, 2.05) is 24.5 Å². The number of thioether (sulfide) groups is 1. The summed E-state index contributed by atoms with van der Waals surface area (Å²) in [5.41, 5.74) is 0.596. The second-order valence-corrected chi connectivity index (χ2v) is 7.12. The molecule has 0 aliphatic carbocycles. The number of benzene rings is 1. The van der Waals surface area contributed by atoms with Crippen LogP contribution in [0.5, 0.6) is 0 Å². The number of aliphatic hydroxyl groups excluding tert-OH is 1. The molecule has 1 aliphatic heterocycles. The molecule has 2 heterocycles. The number of furan rings is 1.